The van der Waals surface area contributed by atoms with E-state index in [1.54, 1.807) is 0 Å². The molecule has 94 valence electrons. The van der Waals surface area contributed by atoms with Crippen molar-refractivity contribution in [3.63, 3.8) is 0 Å². The van der Waals surface area contributed by atoms with Gasteiger partial charge in [0.15, 0.2) is 0 Å². The zero-order valence-corrected chi connectivity index (χ0v) is 12.1. The number of hydrogen-bond donors (Lipinski definition) is 0. The Morgan fingerprint density at radius 1 is 0.867 bits per heavy atom. The van der Waals surface area contributed by atoms with E-state index in [1.807, 2.05) is 0 Å². The van der Waals surface area contributed by atoms with Gasteiger partial charge in [-0.1, -0.05) is 26.2 Å². The van der Waals surface area contributed by atoms with E-state index >= 15 is 0 Å². The van der Waals surface area contributed by atoms with Crippen LogP contribution in [0.5, 0.6) is 0 Å². The minimum absolute atomic E-state index is 0. The van der Waals surface area contributed by atoms with E-state index in [4.69, 9.17) is 11.6 Å². The highest BCUT2D eigenvalue weighted by molar-refractivity contribution is 6.17. The lowest BCUT2D eigenvalue weighted by atomic mass is 10.1. The van der Waals surface area contributed by atoms with Gasteiger partial charge in [-0.05, 0) is 12.8 Å². The lowest BCUT2D eigenvalue weighted by Gasteiger charge is -2.29. The summed E-state index contributed by atoms with van der Waals surface area (Å²) >= 11 is 5.70. The van der Waals surface area contributed by atoms with Gasteiger partial charge in [-0.3, -0.25) is 0 Å². The van der Waals surface area contributed by atoms with E-state index in [0.717, 1.165) is 16.8 Å². The Kier molecular flexibility index (Phi) is 13.2. The molecule has 0 aliphatic carbocycles. The van der Waals surface area contributed by atoms with Crippen molar-refractivity contribution < 1.29 is 16.9 Å². The van der Waals surface area contributed by atoms with Gasteiger partial charge < -0.3 is 16.9 Å². The summed E-state index contributed by atoms with van der Waals surface area (Å²) in [6.45, 7) is 4.79. The van der Waals surface area contributed by atoms with Gasteiger partial charge in [-0.2, -0.15) is 0 Å². The summed E-state index contributed by atoms with van der Waals surface area (Å²) < 4.78 is 1.14. The zero-order chi connectivity index (χ0) is 10.9. The highest BCUT2D eigenvalue weighted by Crippen LogP contribution is 2.07. The molecule has 0 heterocycles. The molecule has 0 radical (unpaired) electrons. The van der Waals surface area contributed by atoms with Crippen molar-refractivity contribution in [3.8, 4) is 0 Å². The second-order valence-corrected chi connectivity index (χ2v) is 5.22. The molecule has 3 heteroatoms. The Morgan fingerprint density at radius 2 is 1.40 bits per heavy atom. The maximum absolute atomic E-state index is 5.70. The molecule has 1 nitrogen and oxygen atoms in total. The minimum Gasteiger partial charge on any atom is -1.00 e. The molecule has 15 heavy (non-hydrogen) atoms. The van der Waals surface area contributed by atoms with Crippen LogP contribution in [0.15, 0.2) is 0 Å². The van der Waals surface area contributed by atoms with Crippen molar-refractivity contribution in [2.24, 2.45) is 0 Å². The first kappa shape index (κ1) is 17.9. The van der Waals surface area contributed by atoms with Crippen LogP contribution in [-0.2, 0) is 0 Å². The Hall–Kier alpha value is 0.540. The molecule has 0 saturated carbocycles. The molecule has 0 aliphatic rings. The van der Waals surface area contributed by atoms with E-state index in [9.17, 15) is 0 Å². The van der Waals surface area contributed by atoms with Crippen LogP contribution in [0.3, 0.4) is 0 Å². The van der Waals surface area contributed by atoms with Crippen molar-refractivity contribution >= 4 is 11.6 Å². The number of halogens is 2. The van der Waals surface area contributed by atoms with E-state index in [0.29, 0.717) is 0 Å². The fourth-order valence-electron chi connectivity index (χ4n) is 1.74. The normalized spacial score (nSPS) is 11.2. The molecular formula is C12H27Cl2N. The Bertz CT molecular complexity index is 127. The molecule has 0 aromatic heterocycles. The van der Waals surface area contributed by atoms with Gasteiger partial charge in [-0.15, -0.1) is 11.6 Å². The molecule has 0 rings (SSSR count). The standard InChI is InChI=1S/C12H27ClN.ClH/c1-4-5-6-7-8-11-14(2,3)12-9-10-13;/h4-12H2,1-3H3;1H/q+1;/p-1. The molecule has 0 N–H and O–H groups in total. The monoisotopic (exact) mass is 255 g/mol. The van der Waals surface area contributed by atoms with Gasteiger partial charge in [0, 0.05) is 12.3 Å². The number of quaternary nitrogens is 1. The first-order valence-electron chi connectivity index (χ1n) is 6.00. The van der Waals surface area contributed by atoms with Gasteiger partial charge in [-0.25, -0.2) is 0 Å². The van der Waals surface area contributed by atoms with Gasteiger partial charge >= 0.3 is 0 Å². The van der Waals surface area contributed by atoms with Crippen molar-refractivity contribution in [2.45, 2.75) is 45.4 Å². The van der Waals surface area contributed by atoms with Crippen molar-refractivity contribution in [1.82, 2.24) is 0 Å². The van der Waals surface area contributed by atoms with Crippen LogP contribution in [0.25, 0.3) is 0 Å². The molecule has 0 amide bonds. The van der Waals surface area contributed by atoms with Crippen molar-refractivity contribution in [2.75, 3.05) is 33.1 Å². The highest BCUT2D eigenvalue weighted by atomic mass is 35.5. The highest BCUT2D eigenvalue weighted by Gasteiger charge is 2.12. The summed E-state index contributed by atoms with van der Waals surface area (Å²) in [6.07, 6.45) is 8.06. The molecule has 0 unspecified atom stereocenters. The van der Waals surface area contributed by atoms with Crippen LogP contribution in [0, 0.1) is 0 Å². The molecule has 0 spiro atoms. The van der Waals surface area contributed by atoms with Crippen LogP contribution < -0.4 is 12.4 Å². The van der Waals surface area contributed by atoms with Crippen molar-refractivity contribution in [1.29, 1.82) is 0 Å². The average molecular weight is 256 g/mol. The van der Waals surface area contributed by atoms with Gasteiger partial charge in [0.25, 0.3) is 0 Å². The predicted molar refractivity (Wildman–Crippen MR) is 65.9 cm³/mol. The third-order valence-corrected chi connectivity index (χ3v) is 3.03. The number of rotatable bonds is 9. The topological polar surface area (TPSA) is 0 Å². The first-order valence-corrected chi connectivity index (χ1v) is 6.54. The molecule has 0 bridgehead atoms. The van der Waals surface area contributed by atoms with Crippen LogP contribution in [-0.4, -0.2) is 37.5 Å². The van der Waals surface area contributed by atoms with Crippen LogP contribution in [0.1, 0.15) is 45.4 Å². The van der Waals surface area contributed by atoms with Crippen LogP contribution >= 0.6 is 11.6 Å². The maximum atomic E-state index is 5.70. The van der Waals surface area contributed by atoms with Gasteiger partial charge in [0.2, 0.25) is 0 Å². The fourth-order valence-corrected chi connectivity index (χ4v) is 1.86. The van der Waals surface area contributed by atoms with E-state index in [1.165, 1.54) is 45.2 Å². The average Bonchev–Trinajstić information content (AvgIpc) is 2.15. The number of unbranched alkanes of at least 4 members (excludes halogenated alkanes) is 4. The SMILES string of the molecule is CCCCCCC[N+](C)(C)CCCCl.[Cl-]. The molecule has 0 atom stereocenters. The maximum Gasteiger partial charge on any atom is 0.0794 e. The lowest BCUT2D eigenvalue weighted by Crippen LogP contribution is -3.00. The summed E-state index contributed by atoms with van der Waals surface area (Å²) in [4.78, 5) is 0. The molecule has 0 saturated heterocycles. The summed E-state index contributed by atoms with van der Waals surface area (Å²) in [5.74, 6) is 0.803. The minimum atomic E-state index is 0. The van der Waals surface area contributed by atoms with Gasteiger partial charge in [0.1, 0.15) is 0 Å². The summed E-state index contributed by atoms with van der Waals surface area (Å²) in [7, 11) is 4.62. The third kappa shape index (κ3) is 12.5. The number of hydrogen-bond acceptors (Lipinski definition) is 0. The molecule has 0 aromatic carbocycles. The quantitative estimate of drug-likeness (QED) is 0.323. The summed E-state index contributed by atoms with van der Waals surface area (Å²) in [5, 5.41) is 0. The second-order valence-electron chi connectivity index (χ2n) is 4.84. The smallest absolute Gasteiger partial charge is 0.0794 e. The largest absolute Gasteiger partial charge is 1.00 e. The Morgan fingerprint density at radius 3 is 1.93 bits per heavy atom. The predicted octanol–water partition coefficient (Wildman–Crippen LogP) is 0.666. The summed E-state index contributed by atoms with van der Waals surface area (Å²) in [6, 6.07) is 0. The Labute approximate surface area is 107 Å². The summed E-state index contributed by atoms with van der Waals surface area (Å²) in [5.41, 5.74) is 0. The molecule has 0 aliphatic heterocycles. The zero-order valence-electron chi connectivity index (χ0n) is 10.6. The lowest BCUT2D eigenvalue weighted by molar-refractivity contribution is -0.890. The molecule has 0 fully saturated rings. The third-order valence-electron chi connectivity index (χ3n) is 2.76. The number of nitrogens with zero attached hydrogens (tertiary/aromatic N) is 1. The molecular weight excluding hydrogens is 229 g/mol. The number of alkyl halides is 1. The molecule has 0 aromatic rings. The fraction of sp³-hybridized carbons (Fsp3) is 1.00. The van der Waals surface area contributed by atoms with E-state index in [2.05, 4.69) is 21.0 Å². The van der Waals surface area contributed by atoms with Gasteiger partial charge in [0.05, 0.1) is 27.2 Å². The Balaban J connectivity index is 0. The van der Waals surface area contributed by atoms with Crippen molar-refractivity contribution in [3.05, 3.63) is 0 Å². The first-order chi connectivity index (χ1) is 6.62. The second kappa shape index (κ2) is 11.0. The van der Waals surface area contributed by atoms with Crippen LogP contribution in [0.4, 0.5) is 0 Å². The van der Waals surface area contributed by atoms with E-state index < -0.39 is 0 Å². The van der Waals surface area contributed by atoms with E-state index in [-0.39, 0.29) is 12.4 Å². The van der Waals surface area contributed by atoms with Crippen LogP contribution in [0.2, 0.25) is 0 Å².